The quantitative estimate of drug-likeness (QED) is 0.809. The van der Waals surface area contributed by atoms with E-state index in [1.54, 1.807) is 9.80 Å². The molecule has 7 nitrogen and oxygen atoms in total. The predicted molar refractivity (Wildman–Crippen MR) is 94.7 cm³/mol. The molecule has 2 saturated heterocycles. The van der Waals surface area contributed by atoms with Gasteiger partial charge in [0.15, 0.2) is 0 Å². The van der Waals surface area contributed by atoms with E-state index in [4.69, 9.17) is 14.2 Å². The highest BCUT2D eigenvalue weighted by Crippen LogP contribution is 2.24. The lowest BCUT2D eigenvalue weighted by Crippen LogP contribution is -2.67. The molecule has 3 rings (SSSR count). The maximum Gasteiger partial charge on any atom is 0.410 e. The summed E-state index contributed by atoms with van der Waals surface area (Å²) in [4.78, 5) is 28.3. The Kier molecular flexibility index (Phi) is 5.36. The van der Waals surface area contributed by atoms with E-state index >= 15 is 0 Å². The summed E-state index contributed by atoms with van der Waals surface area (Å²) >= 11 is 0. The lowest BCUT2D eigenvalue weighted by atomic mass is 10.1. The Hall–Kier alpha value is -2.28. The standard InChI is InChI=1S/C19H26N2O5/c1-19(2,3)26-17(22)20-9-15-12-24-13-16(10-20)21(15)18(23)25-11-14-7-5-4-6-8-14/h4-8,15-16H,9-13H2,1-3H3. The number of rotatable bonds is 2. The van der Waals surface area contributed by atoms with E-state index in [9.17, 15) is 9.59 Å². The Bertz CT molecular complexity index is 629. The molecule has 0 aromatic heterocycles. The number of hydrogen-bond donors (Lipinski definition) is 0. The highest BCUT2D eigenvalue weighted by atomic mass is 16.6. The van der Waals surface area contributed by atoms with Crippen LogP contribution in [0, 0.1) is 0 Å². The lowest BCUT2D eigenvalue weighted by Gasteiger charge is -2.48. The fraction of sp³-hybridized carbons (Fsp3) is 0.579. The number of morpholine rings is 1. The van der Waals surface area contributed by atoms with Crippen LogP contribution in [-0.4, -0.2) is 66.0 Å². The second-order valence-corrected chi connectivity index (χ2v) is 7.68. The third-order valence-corrected chi connectivity index (χ3v) is 4.34. The van der Waals surface area contributed by atoms with Gasteiger partial charge in [-0.3, -0.25) is 4.90 Å². The fourth-order valence-electron chi connectivity index (χ4n) is 3.23. The molecule has 2 aliphatic rings. The molecule has 0 aliphatic carbocycles. The zero-order chi connectivity index (χ0) is 18.7. The molecule has 7 heteroatoms. The first-order chi connectivity index (χ1) is 12.3. The Morgan fingerprint density at radius 3 is 2.27 bits per heavy atom. The number of carbonyl (C=O) groups is 2. The molecule has 2 amide bonds. The van der Waals surface area contributed by atoms with Crippen molar-refractivity contribution in [2.75, 3.05) is 26.3 Å². The summed E-state index contributed by atoms with van der Waals surface area (Å²) in [6, 6.07) is 9.12. The third kappa shape index (κ3) is 4.46. The first kappa shape index (κ1) is 18.5. The normalized spacial score (nSPS) is 22.7. The minimum atomic E-state index is -0.547. The molecule has 2 atom stereocenters. The van der Waals surface area contributed by atoms with Crippen molar-refractivity contribution in [3.63, 3.8) is 0 Å². The molecular formula is C19H26N2O5. The van der Waals surface area contributed by atoms with Crippen LogP contribution in [0.25, 0.3) is 0 Å². The minimum absolute atomic E-state index is 0.224. The molecule has 0 radical (unpaired) electrons. The summed E-state index contributed by atoms with van der Waals surface area (Å²) < 4.78 is 16.5. The first-order valence-electron chi connectivity index (χ1n) is 8.88. The van der Waals surface area contributed by atoms with E-state index in [2.05, 4.69) is 0 Å². The molecule has 0 spiro atoms. The summed E-state index contributed by atoms with van der Waals surface area (Å²) in [6.45, 7) is 7.28. The van der Waals surface area contributed by atoms with Crippen LogP contribution in [0.3, 0.4) is 0 Å². The molecule has 142 valence electrons. The summed E-state index contributed by atoms with van der Waals surface area (Å²) in [5.41, 5.74) is 0.392. The van der Waals surface area contributed by atoms with Crippen molar-refractivity contribution >= 4 is 12.2 Å². The van der Waals surface area contributed by atoms with Crippen LogP contribution in [0.1, 0.15) is 26.3 Å². The van der Waals surface area contributed by atoms with Crippen LogP contribution in [0.15, 0.2) is 30.3 Å². The maximum absolute atomic E-state index is 12.6. The highest BCUT2D eigenvalue weighted by Gasteiger charge is 2.44. The van der Waals surface area contributed by atoms with E-state index in [0.29, 0.717) is 26.3 Å². The highest BCUT2D eigenvalue weighted by molar-refractivity contribution is 5.71. The number of nitrogens with zero attached hydrogens (tertiary/aromatic N) is 2. The van der Waals surface area contributed by atoms with Gasteiger partial charge in [-0.25, -0.2) is 9.59 Å². The molecule has 2 bridgehead atoms. The van der Waals surface area contributed by atoms with E-state index < -0.39 is 5.60 Å². The van der Waals surface area contributed by atoms with Gasteiger partial charge in [0.25, 0.3) is 0 Å². The molecule has 0 saturated carbocycles. The van der Waals surface area contributed by atoms with Crippen LogP contribution < -0.4 is 0 Å². The van der Waals surface area contributed by atoms with Gasteiger partial charge in [0.2, 0.25) is 0 Å². The Labute approximate surface area is 153 Å². The van der Waals surface area contributed by atoms with Crippen LogP contribution >= 0.6 is 0 Å². The number of ether oxygens (including phenoxy) is 3. The van der Waals surface area contributed by atoms with Gasteiger partial charge < -0.3 is 19.1 Å². The summed E-state index contributed by atoms with van der Waals surface area (Å²) in [7, 11) is 0. The van der Waals surface area contributed by atoms with Gasteiger partial charge in [0.1, 0.15) is 12.2 Å². The zero-order valence-electron chi connectivity index (χ0n) is 15.5. The largest absolute Gasteiger partial charge is 0.445 e. The van der Waals surface area contributed by atoms with Crippen LogP contribution in [0.5, 0.6) is 0 Å². The number of benzene rings is 1. The molecule has 2 unspecified atom stereocenters. The Morgan fingerprint density at radius 1 is 1.08 bits per heavy atom. The van der Waals surface area contributed by atoms with Gasteiger partial charge >= 0.3 is 12.2 Å². The Morgan fingerprint density at radius 2 is 1.69 bits per heavy atom. The molecular weight excluding hydrogens is 336 g/mol. The molecule has 2 heterocycles. The predicted octanol–water partition coefficient (Wildman–Crippen LogP) is 2.64. The van der Waals surface area contributed by atoms with Gasteiger partial charge in [-0.15, -0.1) is 0 Å². The van der Waals surface area contributed by atoms with E-state index in [1.165, 1.54) is 0 Å². The van der Waals surface area contributed by atoms with Crippen molar-refractivity contribution < 1.29 is 23.8 Å². The molecule has 0 N–H and O–H groups in total. The fourth-order valence-corrected chi connectivity index (χ4v) is 3.23. The SMILES string of the molecule is CC(C)(C)OC(=O)N1CC2COCC(C1)N2C(=O)OCc1ccccc1. The molecule has 1 aromatic carbocycles. The average Bonchev–Trinajstić information content (AvgIpc) is 2.58. The number of amides is 2. The summed E-state index contributed by atoms with van der Waals surface area (Å²) in [5.74, 6) is 0. The monoisotopic (exact) mass is 362 g/mol. The number of piperazine rings is 1. The van der Waals surface area contributed by atoms with Gasteiger partial charge in [-0.2, -0.15) is 0 Å². The molecule has 2 fully saturated rings. The van der Waals surface area contributed by atoms with Crippen molar-refractivity contribution in [2.24, 2.45) is 0 Å². The van der Waals surface area contributed by atoms with E-state index in [1.807, 2.05) is 51.1 Å². The summed E-state index contributed by atoms with van der Waals surface area (Å²) in [6.07, 6.45) is -0.720. The van der Waals surface area contributed by atoms with Crippen LogP contribution in [-0.2, 0) is 20.8 Å². The van der Waals surface area contributed by atoms with Gasteiger partial charge in [0.05, 0.1) is 25.3 Å². The summed E-state index contributed by atoms with van der Waals surface area (Å²) in [5, 5.41) is 0. The smallest absolute Gasteiger partial charge is 0.410 e. The second kappa shape index (κ2) is 7.53. The van der Waals surface area contributed by atoms with Crippen molar-refractivity contribution in [1.82, 2.24) is 9.80 Å². The average molecular weight is 362 g/mol. The number of carbonyl (C=O) groups excluding carboxylic acids is 2. The second-order valence-electron chi connectivity index (χ2n) is 7.68. The molecule has 26 heavy (non-hydrogen) atoms. The molecule has 1 aromatic rings. The number of hydrogen-bond acceptors (Lipinski definition) is 5. The van der Waals surface area contributed by atoms with Gasteiger partial charge in [-0.1, -0.05) is 30.3 Å². The lowest BCUT2D eigenvalue weighted by molar-refractivity contribution is -0.0895. The van der Waals surface area contributed by atoms with E-state index in [0.717, 1.165) is 5.56 Å². The van der Waals surface area contributed by atoms with Crippen molar-refractivity contribution in [3.8, 4) is 0 Å². The minimum Gasteiger partial charge on any atom is -0.445 e. The first-order valence-corrected chi connectivity index (χ1v) is 8.88. The van der Waals surface area contributed by atoms with Crippen LogP contribution in [0.2, 0.25) is 0 Å². The molecule has 2 aliphatic heterocycles. The zero-order valence-corrected chi connectivity index (χ0v) is 15.5. The van der Waals surface area contributed by atoms with Gasteiger partial charge in [-0.05, 0) is 26.3 Å². The number of fused-ring (bicyclic) bond motifs is 2. The van der Waals surface area contributed by atoms with Crippen molar-refractivity contribution in [2.45, 2.75) is 45.1 Å². The maximum atomic E-state index is 12.6. The van der Waals surface area contributed by atoms with Crippen LogP contribution in [0.4, 0.5) is 9.59 Å². The van der Waals surface area contributed by atoms with Gasteiger partial charge in [0, 0.05) is 13.1 Å². The van der Waals surface area contributed by atoms with Crippen molar-refractivity contribution in [1.29, 1.82) is 0 Å². The Balaban J connectivity index is 1.61. The van der Waals surface area contributed by atoms with E-state index in [-0.39, 0.29) is 30.9 Å². The topological polar surface area (TPSA) is 68.3 Å². The third-order valence-electron chi connectivity index (χ3n) is 4.34. The van der Waals surface area contributed by atoms with Crippen molar-refractivity contribution in [3.05, 3.63) is 35.9 Å².